The number of nitrogens with zero attached hydrogens (tertiary/aromatic N) is 2. The number of aromatic nitrogens is 2. The molecule has 142 valence electrons. The summed E-state index contributed by atoms with van der Waals surface area (Å²) in [5, 5.41) is 8.86. The predicted molar refractivity (Wildman–Crippen MR) is 108 cm³/mol. The maximum atomic E-state index is 12.3. The zero-order valence-electron chi connectivity index (χ0n) is 13.6. The first-order valence-corrected chi connectivity index (χ1v) is 10.7. The largest absolute Gasteiger partial charge is 0.368 e. The molecule has 0 saturated heterocycles. The molecule has 0 atom stereocenters. The highest BCUT2D eigenvalue weighted by molar-refractivity contribution is 7.89. The number of nitrogens with one attached hydrogen (secondary N) is 1. The molecule has 0 fully saturated rings. The van der Waals surface area contributed by atoms with Crippen molar-refractivity contribution in [3.8, 4) is 11.3 Å². The number of halogens is 2. The van der Waals surface area contributed by atoms with Crippen molar-refractivity contribution in [3.05, 3.63) is 39.2 Å². The molecule has 1 amide bonds. The Hall–Kier alpha value is -1.98. The van der Waals surface area contributed by atoms with E-state index in [-0.39, 0.29) is 18.2 Å². The third-order valence-corrected chi connectivity index (χ3v) is 5.84. The van der Waals surface area contributed by atoms with Gasteiger partial charge in [-0.3, -0.25) is 4.79 Å². The first kappa shape index (κ1) is 19.8. The van der Waals surface area contributed by atoms with Crippen LogP contribution in [-0.2, 0) is 10.0 Å². The lowest BCUT2D eigenvalue weighted by Crippen LogP contribution is -2.31. The van der Waals surface area contributed by atoms with Gasteiger partial charge in [-0.25, -0.2) is 23.5 Å². The van der Waals surface area contributed by atoms with E-state index in [1.54, 1.807) is 24.3 Å². The van der Waals surface area contributed by atoms with Crippen molar-refractivity contribution in [1.82, 2.24) is 15.3 Å². The monoisotopic (exact) mass is 445 g/mol. The molecule has 0 aliphatic rings. The maximum absolute atomic E-state index is 12.3. The van der Waals surface area contributed by atoms with Gasteiger partial charge >= 0.3 is 0 Å². The van der Waals surface area contributed by atoms with Crippen LogP contribution in [0.3, 0.4) is 0 Å². The van der Waals surface area contributed by atoms with Gasteiger partial charge in [0.1, 0.15) is 4.83 Å². The van der Waals surface area contributed by atoms with Gasteiger partial charge in [0.2, 0.25) is 16.0 Å². The Morgan fingerprint density at radius 2 is 1.96 bits per heavy atom. The summed E-state index contributed by atoms with van der Waals surface area (Å²) < 4.78 is 21.9. The maximum Gasteiger partial charge on any atom is 0.261 e. The van der Waals surface area contributed by atoms with Gasteiger partial charge < -0.3 is 11.1 Å². The Labute approximate surface area is 168 Å². The Morgan fingerprint density at radius 3 is 2.63 bits per heavy atom. The number of sulfonamides is 1. The van der Waals surface area contributed by atoms with E-state index in [1.807, 2.05) is 0 Å². The highest BCUT2D eigenvalue weighted by Crippen LogP contribution is 2.36. The van der Waals surface area contributed by atoms with Crippen molar-refractivity contribution in [2.75, 3.05) is 18.0 Å². The van der Waals surface area contributed by atoms with E-state index < -0.39 is 15.9 Å². The number of carbonyl (C=O) groups excluding carboxylic acids is 1. The molecule has 8 nitrogen and oxygen atoms in total. The third kappa shape index (κ3) is 4.66. The van der Waals surface area contributed by atoms with Crippen molar-refractivity contribution >= 4 is 66.6 Å². The van der Waals surface area contributed by atoms with E-state index in [0.29, 0.717) is 36.4 Å². The van der Waals surface area contributed by atoms with Gasteiger partial charge in [0, 0.05) is 22.5 Å². The van der Waals surface area contributed by atoms with Crippen LogP contribution in [0.1, 0.15) is 9.67 Å². The van der Waals surface area contributed by atoms with Crippen LogP contribution >= 0.6 is 34.5 Å². The average molecular weight is 446 g/mol. The first-order valence-electron chi connectivity index (χ1n) is 7.45. The smallest absolute Gasteiger partial charge is 0.261 e. The van der Waals surface area contributed by atoms with Crippen LogP contribution in [0.25, 0.3) is 21.5 Å². The Morgan fingerprint density at radius 1 is 1.22 bits per heavy atom. The van der Waals surface area contributed by atoms with Crippen molar-refractivity contribution in [1.29, 1.82) is 0 Å². The molecule has 0 saturated carbocycles. The number of nitrogens with two attached hydrogens (primary N) is 2. The molecule has 12 heteroatoms. The van der Waals surface area contributed by atoms with Crippen LogP contribution in [0, 0.1) is 0 Å². The molecule has 0 aliphatic carbocycles. The highest BCUT2D eigenvalue weighted by atomic mass is 35.5. The number of carbonyl (C=O) groups is 1. The fourth-order valence-corrected chi connectivity index (χ4v) is 4.17. The Balaban J connectivity index is 1.99. The summed E-state index contributed by atoms with van der Waals surface area (Å²) in [4.78, 5) is 21.5. The molecule has 5 N–H and O–H groups in total. The number of anilines is 1. The summed E-state index contributed by atoms with van der Waals surface area (Å²) in [6.07, 6.45) is 0. The van der Waals surface area contributed by atoms with Crippen molar-refractivity contribution < 1.29 is 13.2 Å². The fraction of sp³-hybridized carbons (Fsp3) is 0.133. The Kier molecular flexibility index (Phi) is 5.54. The standard InChI is InChI=1S/C15H13Cl2N5O3S2/c16-7-1-2-8(10(17)5-7)12-9-6-11(26-14(9)22-15(18)21-12)13(23)20-3-4-27(19,24)25/h1-2,5-6H,3-4H2,(H,20,23)(H2,18,21,22)(H2,19,24,25). The van der Waals surface area contributed by atoms with Crippen LogP contribution in [-0.4, -0.2) is 36.6 Å². The lowest BCUT2D eigenvalue weighted by atomic mass is 10.1. The highest BCUT2D eigenvalue weighted by Gasteiger charge is 2.18. The van der Waals surface area contributed by atoms with Crippen LogP contribution in [0.2, 0.25) is 10.0 Å². The quantitative estimate of drug-likeness (QED) is 0.549. The molecule has 3 aromatic rings. The SMILES string of the molecule is Nc1nc(-c2ccc(Cl)cc2Cl)c2cc(C(=O)NCCS(N)(=O)=O)sc2n1. The van der Waals surface area contributed by atoms with E-state index in [9.17, 15) is 13.2 Å². The summed E-state index contributed by atoms with van der Waals surface area (Å²) in [5.41, 5.74) is 6.86. The van der Waals surface area contributed by atoms with E-state index in [1.165, 1.54) is 0 Å². The van der Waals surface area contributed by atoms with Crippen LogP contribution in [0.4, 0.5) is 5.95 Å². The number of thiophene rings is 1. The summed E-state index contributed by atoms with van der Waals surface area (Å²) in [7, 11) is -3.66. The number of hydrogen-bond donors (Lipinski definition) is 3. The van der Waals surface area contributed by atoms with Gasteiger partial charge in [0.15, 0.2) is 0 Å². The lowest BCUT2D eigenvalue weighted by molar-refractivity contribution is 0.0960. The van der Waals surface area contributed by atoms with E-state index in [4.69, 9.17) is 34.1 Å². The average Bonchev–Trinajstić information content (AvgIpc) is 2.97. The molecule has 3 rings (SSSR count). The molecule has 0 spiro atoms. The Bertz CT molecular complexity index is 1150. The van der Waals surface area contributed by atoms with Gasteiger partial charge in [-0.15, -0.1) is 11.3 Å². The summed E-state index contributed by atoms with van der Waals surface area (Å²) in [6, 6.07) is 6.55. The second-order valence-corrected chi connectivity index (χ2v) is 9.12. The molecule has 2 heterocycles. The minimum atomic E-state index is -3.66. The number of nitrogen functional groups attached to an aromatic ring is 1. The van der Waals surface area contributed by atoms with E-state index in [0.717, 1.165) is 11.3 Å². The minimum absolute atomic E-state index is 0.0338. The van der Waals surface area contributed by atoms with Gasteiger partial charge in [-0.1, -0.05) is 23.2 Å². The number of hydrogen-bond acceptors (Lipinski definition) is 7. The zero-order chi connectivity index (χ0) is 19.8. The fourth-order valence-electron chi connectivity index (χ4n) is 2.33. The van der Waals surface area contributed by atoms with Crippen molar-refractivity contribution in [2.45, 2.75) is 0 Å². The summed E-state index contributed by atoms with van der Waals surface area (Å²) in [6.45, 7) is -0.102. The van der Waals surface area contributed by atoms with Gasteiger partial charge in [0.05, 0.1) is 21.3 Å². The molecule has 0 aliphatic heterocycles. The summed E-state index contributed by atoms with van der Waals surface area (Å²) in [5.74, 6) is -0.776. The van der Waals surface area contributed by atoms with Gasteiger partial charge in [0.25, 0.3) is 5.91 Å². The molecule has 0 unspecified atom stereocenters. The predicted octanol–water partition coefficient (Wildman–Crippen LogP) is 2.27. The van der Waals surface area contributed by atoms with Crippen LogP contribution in [0.5, 0.6) is 0 Å². The van der Waals surface area contributed by atoms with E-state index >= 15 is 0 Å². The topological polar surface area (TPSA) is 141 Å². The molecule has 2 aromatic heterocycles. The molecular weight excluding hydrogens is 433 g/mol. The zero-order valence-corrected chi connectivity index (χ0v) is 16.7. The molecule has 27 heavy (non-hydrogen) atoms. The number of amides is 1. The van der Waals surface area contributed by atoms with Crippen molar-refractivity contribution in [2.24, 2.45) is 5.14 Å². The molecule has 0 bridgehead atoms. The van der Waals surface area contributed by atoms with E-state index in [2.05, 4.69) is 15.3 Å². The lowest BCUT2D eigenvalue weighted by Gasteiger charge is -2.06. The molecular formula is C15H13Cl2N5O3S2. The normalized spacial score (nSPS) is 11.7. The van der Waals surface area contributed by atoms with Gasteiger partial charge in [-0.2, -0.15) is 0 Å². The third-order valence-electron chi connectivity index (χ3n) is 3.49. The molecule has 1 aromatic carbocycles. The molecule has 0 radical (unpaired) electrons. The second kappa shape index (κ2) is 7.56. The van der Waals surface area contributed by atoms with Gasteiger partial charge in [-0.05, 0) is 24.3 Å². The number of primary sulfonamides is 1. The summed E-state index contributed by atoms with van der Waals surface area (Å²) >= 11 is 13.3. The second-order valence-electron chi connectivity index (χ2n) is 5.51. The van der Waals surface area contributed by atoms with Crippen LogP contribution < -0.4 is 16.2 Å². The first-order chi connectivity index (χ1) is 12.6. The van der Waals surface area contributed by atoms with Crippen LogP contribution in [0.15, 0.2) is 24.3 Å². The minimum Gasteiger partial charge on any atom is -0.368 e. The van der Waals surface area contributed by atoms with Crippen molar-refractivity contribution in [3.63, 3.8) is 0 Å². The number of fused-ring (bicyclic) bond motifs is 1. The number of rotatable bonds is 5. The number of benzene rings is 1.